The summed E-state index contributed by atoms with van der Waals surface area (Å²) >= 11 is 0. The van der Waals surface area contributed by atoms with Crippen LogP contribution in [0.15, 0.2) is 36.4 Å². The smallest absolute Gasteiger partial charge is 0.178 e. The summed E-state index contributed by atoms with van der Waals surface area (Å²) in [6.45, 7) is 6.33. The zero-order valence-corrected chi connectivity index (χ0v) is 13.6. The number of benzene rings is 1. The van der Waals surface area contributed by atoms with Crippen LogP contribution in [0.2, 0.25) is 0 Å². The highest BCUT2D eigenvalue weighted by Crippen LogP contribution is 2.16. The highest BCUT2D eigenvalue weighted by molar-refractivity contribution is 5.46. The number of nitrogens with zero attached hydrogens (tertiary/aromatic N) is 6. The van der Waals surface area contributed by atoms with Crippen molar-refractivity contribution >= 4 is 11.5 Å². The first kappa shape index (κ1) is 15.0. The second-order valence-electron chi connectivity index (χ2n) is 6.10. The van der Waals surface area contributed by atoms with Crippen LogP contribution in [-0.4, -0.2) is 50.9 Å². The van der Waals surface area contributed by atoms with E-state index in [2.05, 4.69) is 25.1 Å². The van der Waals surface area contributed by atoms with Crippen molar-refractivity contribution in [3.05, 3.63) is 53.6 Å². The van der Waals surface area contributed by atoms with Crippen molar-refractivity contribution in [3.8, 4) is 0 Å². The molecule has 0 aliphatic carbocycles. The van der Waals surface area contributed by atoms with Gasteiger partial charge in [0.25, 0.3) is 0 Å². The van der Waals surface area contributed by atoms with E-state index in [0.29, 0.717) is 0 Å². The van der Waals surface area contributed by atoms with Gasteiger partial charge in [0.1, 0.15) is 11.6 Å². The van der Waals surface area contributed by atoms with Crippen LogP contribution in [0.3, 0.4) is 0 Å². The van der Waals surface area contributed by atoms with E-state index in [9.17, 15) is 4.39 Å². The average molecular weight is 326 g/mol. The summed E-state index contributed by atoms with van der Waals surface area (Å²) in [5, 5.41) is 12.7. The average Bonchev–Trinajstić information content (AvgIpc) is 2.96. The lowest BCUT2D eigenvalue weighted by molar-refractivity contribution is 0.249. The van der Waals surface area contributed by atoms with E-state index in [-0.39, 0.29) is 5.82 Å². The molecule has 6 nitrogen and oxygen atoms in total. The van der Waals surface area contributed by atoms with E-state index in [4.69, 9.17) is 0 Å². The molecule has 0 atom stereocenters. The summed E-state index contributed by atoms with van der Waals surface area (Å²) in [5.74, 6) is 1.56. The normalized spacial score (nSPS) is 16.0. The van der Waals surface area contributed by atoms with Gasteiger partial charge in [0.05, 0.1) is 0 Å². The minimum atomic E-state index is -0.173. The first-order chi connectivity index (χ1) is 11.7. The van der Waals surface area contributed by atoms with Crippen molar-refractivity contribution in [1.29, 1.82) is 0 Å². The van der Waals surface area contributed by atoms with Crippen LogP contribution in [0.5, 0.6) is 0 Å². The van der Waals surface area contributed by atoms with Gasteiger partial charge in [0.15, 0.2) is 11.5 Å². The minimum absolute atomic E-state index is 0.173. The Bertz CT molecular complexity index is 853. The fraction of sp³-hybridized carbons (Fsp3) is 0.353. The first-order valence-electron chi connectivity index (χ1n) is 8.10. The molecule has 124 valence electrons. The van der Waals surface area contributed by atoms with Crippen molar-refractivity contribution in [2.45, 2.75) is 13.5 Å². The van der Waals surface area contributed by atoms with E-state index in [1.54, 1.807) is 16.6 Å². The molecule has 0 amide bonds. The Kier molecular flexibility index (Phi) is 3.86. The van der Waals surface area contributed by atoms with Gasteiger partial charge in [-0.2, -0.15) is 4.52 Å². The standard InChI is InChI=1S/C17H19FN6/c1-13-19-20-16-5-6-17(21-24(13)16)23-9-7-22(8-10-23)12-14-3-2-4-15(18)11-14/h2-6,11H,7-10,12H2,1H3. The Morgan fingerprint density at radius 2 is 1.88 bits per heavy atom. The Labute approximate surface area is 139 Å². The van der Waals surface area contributed by atoms with Crippen molar-refractivity contribution in [2.75, 3.05) is 31.1 Å². The lowest BCUT2D eigenvalue weighted by atomic mass is 10.2. The van der Waals surface area contributed by atoms with Crippen LogP contribution in [0.4, 0.5) is 10.2 Å². The molecule has 0 spiro atoms. The molecule has 24 heavy (non-hydrogen) atoms. The number of halogens is 1. The van der Waals surface area contributed by atoms with E-state index in [1.807, 2.05) is 25.1 Å². The molecule has 7 heteroatoms. The molecule has 0 N–H and O–H groups in total. The Hall–Kier alpha value is -2.54. The summed E-state index contributed by atoms with van der Waals surface area (Å²) < 4.78 is 15.1. The molecule has 1 fully saturated rings. The second kappa shape index (κ2) is 6.16. The number of rotatable bonds is 3. The van der Waals surface area contributed by atoms with Crippen molar-refractivity contribution in [1.82, 2.24) is 24.7 Å². The summed E-state index contributed by atoms with van der Waals surface area (Å²) in [6, 6.07) is 10.8. The molecule has 0 saturated carbocycles. The number of aromatic nitrogens is 4. The van der Waals surface area contributed by atoms with Gasteiger partial charge in [-0.3, -0.25) is 4.90 Å². The third-order valence-electron chi connectivity index (χ3n) is 4.40. The van der Waals surface area contributed by atoms with Crippen molar-refractivity contribution in [2.24, 2.45) is 0 Å². The van der Waals surface area contributed by atoms with E-state index in [0.717, 1.165) is 55.6 Å². The van der Waals surface area contributed by atoms with Crippen LogP contribution >= 0.6 is 0 Å². The van der Waals surface area contributed by atoms with Crippen LogP contribution in [0.1, 0.15) is 11.4 Å². The first-order valence-corrected chi connectivity index (χ1v) is 8.10. The van der Waals surface area contributed by atoms with E-state index < -0.39 is 0 Å². The maximum atomic E-state index is 13.3. The van der Waals surface area contributed by atoms with Crippen LogP contribution in [0, 0.1) is 12.7 Å². The monoisotopic (exact) mass is 326 g/mol. The Morgan fingerprint density at radius 1 is 1.04 bits per heavy atom. The Balaban J connectivity index is 1.42. The second-order valence-corrected chi connectivity index (χ2v) is 6.10. The highest BCUT2D eigenvalue weighted by Gasteiger charge is 2.19. The van der Waals surface area contributed by atoms with E-state index >= 15 is 0 Å². The maximum absolute atomic E-state index is 13.3. The highest BCUT2D eigenvalue weighted by atomic mass is 19.1. The van der Waals surface area contributed by atoms with Gasteiger partial charge in [-0.1, -0.05) is 12.1 Å². The quantitative estimate of drug-likeness (QED) is 0.736. The number of hydrogen-bond donors (Lipinski definition) is 0. The summed E-state index contributed by atoms with van der Waals surface area (Å²) in [7, 11) is 0. The third-order valence-corrected chi connectivity index (χ3v) is 4.40. The summed E-state index contributed by atoms with van der Waals surface area (Å²) in [6.07, 6.45) is 0. The molecule has 0 unspecified atom stereocenters. The molecule has 1 aliphatic rings. The molecule has 1 saturated heterocycles. The lowest BCUT2D eigenvalue weighted by Gasteiger charge is -2.35. The van der Waals surface area contributed by atoms with Crippen molar-refractivity contribution in [3.63, 3.8) is 0 Å². The lowest BCUT2D eigenvalue weighted by Crippen LogP contribution is -2.46. The zero-order chi connectivity index (χ0) is 16.5. The largest absolute Gasteiger partial charge is 0.353 e. The van der Waals surface area contributed by atoms with Crippen LogP contribution in [0.25, 0.3) is 5.65 Å². The maximum Gasteiger partial charge on any atom is 0.178 e. The van der Waals surface area contributed by atoms with Gasteiger partial charge in [-0.05, 0) is 36.8 Å². The molecule has 1 aromatic carbocycles. The number of piperazine rings is 1. The van der Waals surface area contributed by atoms with Gasteiger partial charge < -0.3 is 4.90 Å². The summed E-state index contributed by atoms with van der Waals surface area (Å²) in [5.41, 5.74) is 1.78. The molecule has 0 radical (unpaired) electrons. The molecular weight excluding hydrogens is 307 g/mol. The SMILES string of the molecule is Cc1nnc2ccc(N3CCN(Cc4cccc(F)c4)CC3)nn12. The predicted octanol–water partition coefficient (Wildman–Crippen LogP) is 1.89. The van der Waals surface area contributed by atoms with Gasteiger partial charge in [-0.15, -0.1) is 15.3 Å². The van der Waals surface area contributed by atoms with Gasteiger partial charge in [0, 0.05) is 32.7 Å². The minimum Gasteiger partial charge on any atom is -0.353 e. The molecule has 4 rings (SSSR count). The molecule has 0 bridgehead atoms. The fourth-order valence-corrected chi connectivity index (χ4v) is 3.08. The fourth-order valence-electron chi connectivity index (χ4n) is 3.08. The topological polar surface area (TPSA) is 49.6 Å². The molecule has 3 heterocycles. The predicted molar refractivity (Wildman–Crippen MR) is 89.4 cm³/mol. The number of anilines is 1. The van der Waals surface area contributed by atoms with Crippen LogP contribution < -0.4 is 4.90 Å². The molecule has 2 aromatic heterocycles. The number of aryl methyl sites for hydroxylation is 1. The van der Waals surface area contributed by atoms with Gasteiger partial charge in [0.2, 0.25) is 0 Å². The Morgan fingerprint density at radius 3 is 2.67 bits per heavy atom. The van der Waals surface area contributed by atoms with Gasteiger partial charge >= 0.3 is 0 Å². The molecule has 1 aliphatic heterocycles. The van der Waals surface area contributed by atoms with E-state index in [1.165, 1.54) is 6.07 Å². The zero-order valence-electron chi connectivity index (χ0n) is 13.6. The van der Waals surface area contributed by atoms with Gasteiger partial charge in [-0.25, -0.2) is 4.39 Å². The number of hydrogen-bond acceptors (Lipinski definition) is 5. The van der Waals surface area contributed by atoms with Crippen LogP contribution in [-0.2, 0) is 6.54 Å². The molecule has 3 aromatic rings. The molecular formula is C17H19FN6. The number of fused-ring (bicyclic) bond motifs is 1. The third kappa shape index (κ3) is 2.94. The summed E-state index contributed by atoms with van der Waals surface area (Å²) in [4.78, 5) is 4.61. The van der Waals surface area contributed by atoms with Crippen molar-refractivity contribution < 1.29 is 4.39 Å².